The van der Waals surface area contributed by atoms with Gasteiger partial charge in [0, 0.05) is 6.92 Å². The molecule has 1 unspecified atom stereocenters. The molecule has 1 aromatic heterocycles. The molecule has 0 saturated heterocycles. The normalized spacial score (nSPS) is 12.9. The van der Waals surface area contributed by atoms with Gasteiger partial charge in [-0.15, -0.1) is 10.2 Å². The summed E-state index contributed by atoms with van der Waals surface area (Å²) in [6, 6.07) is 15.9. The number of hydrogen-bond acceptors (Lipinski definition) is 5. The first kappa shape index (κ1) is 17.3. The van der Waals surface area contributed by atoms with Crippen molar-refractivity contribution in [2.75, 3.05) is 0 Å². The van der Waals surface area contributed by atoms with E-state index in [2.05, 4.69) is 14.9 Å². The Morgan fingerprint density at radius 1 is 1.04 bits per heavy atom. The zero-order chi connectivity index (χ0) is 17.9. The van der Waals surface area contributed by atoms with E-state index in [1.54, 1.807) is 13.0 Å². The van der Waals surface area contributed by atoms with E-state index in [0.717, 1.165) is 16.7 Å². The highest BCUT2D eigenvalue weighted by Crippen LogP contribution is 2.22. The topological polar surface area (TPSA) is 85.1 Å². The van der Waals surface area contributed by atoms with Crippen LogP contribution in [0.5, 0.6) is 0 Å². The third-order valence-electron chi connectivity index (χ3n) is 3.66. The predicted octanol–water partition coefficient (Wildman–Crippen LogP) is 2.90. The van der Waals surface area contributed by atoms with Crippen LogP contribution in [0, 0.1) is 13.8 Å². The minimum atomic E-state index is -3.62. The number of benzene rings is 2. The van der Waals surface area contributed by atoms with E-state index in [9.17, 15) is 8.42 Å². The molecule has 0 bridgehead atoms. The summed E-state index contributed by atoms with van der Waals surface area (Å²) in [4.78, 5) is 0. The van der Waals surface area contributed by atoms with Crippen LogP contribution < -0.4 is 4.72 Å². The summed E-state index contributed by atoms with van der Waals surface area (Å²) < 4.78 is 33.5. The van der Waals surface area contributed by atoms with Crippen LogP contribution in [-0.4, -0.2) is 18.6 Å². The molecule has 0 radical (unpaired) electrons. The summed E-state index contributed by atoms with van der Waals surface area (Å²) in [5.74, 6) is 0.482. The van der Waals surface area contributed by atoms with Crippen LogP contribution in [0.1, 0.15) is 34.5 Å². The Balaban J connectivity index is 1.89. The molecular formula is C18H19N3O3S. The number of nitrogens with one attached hydrogen (secondary N) is 1. The highest BCUT2D eigenvalue weighted by atomic mass is 32.2. The first-order chi connectivity index (χ1) is 11.9. The van der Waals surface area contributed by atoms with Gasteiger partial charge in [-0.05, 0) is 18.1 Å². The van der Waals surface area contributed by atoms with Crippen LogP contribution >= 0.6 is 0 Å². The zero-order valence-corrected chi connectivity index (χ0v) is 14.8. The van der Waals surface area contributed by atoms with Gasteiger partial charge in [0.1, 0.15) is 6.04 Å². The van der Waals surface area contributed by atoms with Crippen molar-refractivity contribution >= 4 is 10.0 Å². The number of sulfonamides is 1. The Morgan fingerprint density at radius 3 is 2.44 bits per heavy atom. The zero-order valence-electron chi connectivity index (χ0n) is 14.0. The molecule has 2 aromatic carbocycles. The number of aromatic nitrogens is 2. The number of rotatable bonds is 6. The van der Waals surface area contributed by atoms with E-state index < -0.39 is 16.1 Å². The Morgan fingerprint density at radius 2 is 1.80 bits per heavy atom. The van der Waals surface area contributed by atoms with Crippen LogP contribution in [-0.2, 0) is 15.8 Å². The van der Waals surface area contributed by atoms with Crippen LogP contribution in [0.25, 0.3) is 0 Å². The lowest BCUT2D eigenvalue weighted by atomic mass is 10.1. The van der Waals surface area contributed by atoms with E-state index in [-0.39, 0.29) is 11.6 Å². The molecule has 6 nitrogen and oxygen atoms in total. The van der Waals surface area contributed by atoms with Crippen LogP contribution in [0.4, 0.5) is 0 Å². The lowest BCUT2D eigenvalue weighted by Gasteiger charge is -2.16. The van der Waals surface area contributed by atoms with Crippen LogP contribution in [0.15, 0.2) is 59.0 Å². The third kappa shape index (κ3) is 4.52. The average molecular weight is 357 g/mol. The fourth-order valence-corrected chi connectivity index (χ4v) is 3.88. The molecule has 1 heterocycles. The molecule has 7 heteroatoms. The van der Waals surface area contributed by atoms with Gasteiger partial charge in [0.25, 0.3) is 0 Å². The van der Waals surface area contributed by atoms with Gasteiger partial charge in [0.15, 0.2) is 0 Å². The summed E-state index contributed by atoms with van der Waals surface area (Å²) in [6.45, 7) is 3.59. The molecule has 1 atom stereocenters. The maximum Gasteiger partial charge on any atom is 0.238 e. The molecule has 0 aliphatic carbocycles. The quantitative estimate of drug-likeness (QED) is 0.733. The minimum absolute atomic E-state index is 0.120. The van der Waals surface area contributed by atoms with Crippen molar-refractivity contribution in [3.05, 3.63) is 83.1 Å². The Labute approximate surface area is 147 Å². The Kier molecular flexibility index (Phi) is 4.96. The highest BCUT2D eigenvalue weighted by Gasteiger charge is 2.26. The second kappa shape index (κ2) is 7.16. The van der Waals surface area contributed by atoms with Gasteiger partial charge in [-0.25, -0.2) is 8.42 Å². The van der Waals surface area contributed by atoms with Gasteiger partial charge in [-0.2, -0.15) is 4.72 Å². The van der Waals surface area contributed by atoms with Crippen molar-refractivity contribution in [1.82, 2.24) is 14.9 Å². The molecule has 0 fully saturated rings. The number of nitrogens with zero attached hydrogens (tertiary/aromatic N) is 2. The molecule has 0 amide bonds. The van der Waals surface area contributed by atoms with Gasteiger partial charge < -0.3 is 4.42 Å². The SMILES string of the molecule is Cc1cccc(CS(=O)(=O)NC(c2ccccc2)c2nnc(C)o2)c1. The van der Waals surface area contributed by atoms with Gasteiger partial charge in [-0.1, -0.05) is 60.2 Å². The molecule has 3 aromatic rings. The lowest BCUT2D eigenvalue weighted by molar-refractivity contribution is 0.436. The minimum Gasteiger partial charge on any atom is -0.423 e. The Hall–Kier alpha value is -2.51. The van der Waals surface area contributed by atoms with Crippen molar-refractivity contribution in [2.24, 2.45) is 0 Å². The van der Waals surface area contributed by atoms with Crippen molar-refractivity contribution in [2.45, 2.75) is 25.6 Å². The fraction of sp³-hybridized carbons (Fsp3) is 0.222. The summed E-state index contributed by atoms with van der Waals surface area (Å²) in [6.07, 6.45) is 0. The van der Waals surface area contributed by atoms with E-state index in [0.29, 0.717) is 5.89 Å². The number of hydrogen-bond donors (Lipinski definition) is 1. The second-order valence-electron chi connectivity index (χ2n) is 5.87. The smallest absolute Gasteiger partial charge is 0.238 e. The van der Waals surface area contributed by atoms with E-state index >= 15 is 0 Å². The molecule has 25 heavy (non-hydrogen) atoms. The van der Waals surface area contributed by atoms with Crippen molar-refractivity contribution in [3.8, 4) is 0 Å². The first-order valence-corrected chi connectivity index (χ1v) is 9.49. The molecule has 130 valence electrons. The summed E-state index contributed by atoms with van der Waals surface area (Å²) in [5, 5.41) is 7.79. The molecule has 0 saturated carbocycles. The summed E-state index contributed by atoms with van der Waals surface area (Å²) in [7, 11) is -3.62. The van der Waals surface area contributed by atoms with E-state index in [1.807, 2.05) is 55.5 Å². The summed E-state index contributed by atoms with van der Waals surface area (Å²) >= 11 is 0. The standard InChI is InChI=1S/C18H19N3O3S/c1-13-7-6-8-15(11-13)12-25(22,23)21-17(16-9-4-3-5-10-16)18-20-19-14(2)24-18/h3-11,17,21H,12H2,1-2H3. The predicted molar refractivity (Wildman–Crippen MR) is 94.3 cm³/mol. The van der Waals surface area contributed by atoms with Gasteiger partial charge in [0.05, 0.1) is 5.75 Å². The molecule has 0 aliphatic heterocycles. The van der Waals surface area contributed by atoms with E-state index in [4.69, 9.17) is 4.42 Å². The van der Waals surface area contributed by atoms with Gasteiger partial charge in [-0.3, -0.25) is 0 Å². The molecule has 3 rings (SSSR count). The molecular weight excluding hydrogens is 338 g/mol. The molecule has 0 spiro atoms. The van der Waals surface area contributed by atoms with Gasteiger partial charge >= 0.3 is 0 Å². The maximum atomic E-state index is 12.7. The number of aryl methyl sites for hydroxylation is 2. The maximum absolute atomic E-state index is 12.7. The lowest BCUT2D eigenvalue weighted by Crippen LogP contribution is -2.30. The Bertz CT molecular complexity index is 952. The monoisotopic (exact) mass is 357 g/mol. The van der Waals surface area contributed by atoms with Crippen molar-refractivity contribution in [1.29, 1.82) is 0 Å². The summed E-state index contributed by atoms with van der Waals surface area (Å²) in [5.41, 5.74) is 2.47. The van der Waals surface area contributed by atoms with E-state index in [1.165, 1.54) is 0 Å². The largest absolute Gasteiger partial charge is 0.423 e. The van der Waals surface area contributed by atoms with Crippen molar-refractivity contribution in [3.63, 3.8) is 0 Å². The van der Waals surface area contributed by atoms with Crippen LogP contribution in [0.2, 0.25) is 0 Å². The molecule has 1 N–H and O–H groups in total. The highest BCUT2D eigenvalue weighted by molar-refractivity contribution is 7.88. The van der Waals surface area contributed by atoms with Gasteiger partial charge in [0.2, 0.25) is 21.8 Å². The fourth-order valence-electron chi connectivity index (χ4n) is 2.58. The van der Waals surface area contributed by atoms with Crippen molar-refractivity contribution < 1.29 is 12.8 Å². The van der Waals surface area contributed by atoms with Crippen LogP contribution in [0.3, 0.4) is 0 Å². The average Bonchev–Trinajstić information content (AvgIpc) is 2.99. The molecule has 0 aliphatic rings. The first-order valence-electron chi connectivity index (χ1n) is 7.83. The third-order valence-corrected chi connectivity index (χ3v) is 4.97. The second-order valence-corrected chi connectivity index (χ2v) is 7.62.